The summed E-state index contributed by atoms with van der Waals surface area (Å²) >= 11 is 0. The van der Waals surface area contributed by atoms with Gasteiger partial charge in [0.1, 0.15) is 5.75 Å². The van der Waals surface area contributed by atoms with Gasteiger partial charge < -0.3 is 15.0 Å². The normalized spacial score (nSPS) is 20.7. The van der Waals surface area contributed by atoms with Crippen LogP contribution >= 0.6 is 12.4 Å². The Bertz CT molecular complexity index is 744. The summed E-state index contributed by atoms with van der Waals surface area (Å²) in [4.78, 5) is 13.6. The number of sulfonamides is 1. The van der Waals surface area contributed by atoms with Crippen LogP contribution in [-0.2, 0) is 14.8 Å². The summed E-state index contributed by atoms with van der Waals surface area (Å²) in [5.74, 6) is -0.900. The number of hydrogen-bond acceptors (Lipinski definition) is 5. The smallest absolute Gasteiger partial charge is 0.406 e. The number of alkyl halides is 3. The van der Waals surface area contributed by atoms with E-state index in [0.717, 1.165) is 24.3 Å². The first-order valence-corrected chi connectivity index (χ1v) is 9.36. The quantitative estimate of drug-likeness (QED) is 0.737. The first-order valence-electron chi connectivity index (χ1n) is 7.88. The van der Waals surface area contributed by atoms with Gasteiger partial charge in [0.15, 0.2) is 0 Å². The predicted octanol–water partition coefficient (Wildman–Crippen LogP) is 1.49. The summed E-state index contributed by atoms with van der Waals surface area (Å²) < 4.78 is 66.6. The Hall–Kier alpha value is -1.56. The first kappa shape index (κ1) is 23.5. The van der Waals surface area contributed by atoms with Crippen molar-refractivity contribution in [3.63, 3.8) is 0 Å². The number of carbonyl (C=O) groups is 1. The molecule has 0 spiro atoms. The van der Waals surface area contributed by atoms with Gasteiger partial charge in [0, 0.05) is 25.2 Å². The van der Waals surface area contributed by atoms with Crippen LogP contribution in [0.15, 0.2) is 29.2 Å². The third kappa shape index (κ3) is 6.52. The van der Waals surface area contributed by atoms with Crippen LogP contribution in [0.4, 0.5) is 13.2 Å². The molecule has 27 heavy (non-hydrogen) atoms. The molecule has 1 saturated heterocycles. The minimum Gasteiger partial charge on any atom is -0.406 e. The number of ether oxygens (including phenoxy) is 1. The second-order valence-corrected chi connectivity index (χ2v) is 7.68. The number of piperazine rings is 1. The molecule has 12 heteroatoms. The Morgan fingerprint density at radius 3 is 2.44 bits per heavy atom. The average Bonchev–Trinajstić information content (AvgIpc) is 2.54. The lowest BCUT2D eigenvalue weighted by Crippen LogP contribution is -2.58. The van der Waals surface area contributed by atoms with Gasteiger partial charge in [-0.05, 0) is 38.1 Å². The van der Waals surface area contributed by atoms with Crippen LogP contribution in [0, 0.1) is 0 Å². The van der Waals surface area contributed by atoms with Gasteiger partial charge in [-0.1, -0.05) is 0 Å². The van der Waals surface area contributed by atoms with Crippen LogP contribution in [0.2, 0.25) is 0 Å². The molecule has 0 bridgehead atoms. The molecule has 1 fully saturated rings. The Morgan fingerprint density at radius 1 is 1.30 bits per heavy atom. The van der Waals surface area contributed by atoms with E-state index < -0.39 is 28.7 Å². The summed E-state index contributed by atoms with van der Waals surface area (Å²) in [5.41, 5.74) is 0. The molecule has 0 radical (unpaired) electrons. The maximum absolute atomic E-state index is 12.3. The van der Waals surface area contributed by atoms with Crippen molar-refractivity contribution >= 4 is 28.3 Å². The van der Waals surface area contributed by atoms with Gasteiger partial charge in [0.05, 0.1) is 11.4 Å². The molecule has 2 atom stereocenters. The highest BCUT2D eigenvalue weighted by atomic mass is 35.5. The van der Waals surface area contributed by atoms with E-state index in [2.05, 4.69) is 14.8 Å². The largest absolute Gasteiger partial charge is 0.573 e. The topological polar surface area (TPSA) is 87.7 Å². The minimum absolute atomic E-state index is 0. The van der Waals surface area contributed by atoms with Crippen molar-refractivity contribution in [1.29, 1.82) is 0 Å². The molecule has 1 heterocycles. The molecule has 1 aliphatic rings. The van der Waals surface area contributed by atoms with Crippen LogP contribution in [0.1, 0.15) is 13.8 Å². The number of hydrogen-bond donors (Lipinski definition) is 2. The summed E-state index contributed by atoms with van der Waals surface area (Å²) in [5, 5.41) is 3.21. The van der Waals surface area contributed by atoms with E-state index in [1.165, 1.54) is 0 Å². The zero-order valence-electron chi connectivity index (χ0n) is 14.6. The Morgan fingerprint density at radius 2 is 1.89 bits per heavy atom. The third-order valence-corrected chi connectivity index (χ3v) is 5.55. The second-order valence-electron chi connectivity index (χ2n) is 5.91. The van der Waals surface area contributed by atoms with Crippen molar-refractivity contribution in [3.05, 3.63) is 24.3 Å². The lowest BCUT2D eigenvalue weighted by atomic mass is 10.1. The van der Waals surface area contributed by atoms with Crippen LogP contribution < -0.4 is 14.8 Å². The van der Waals surface area contributed by atoms with Crippen molar-refractivity contribution < 1.29 is 31.1 Å². The number of benzene rings is 1. The summed E-state index contributed by atoms with van der Waals surface area (Å²) in [6.07, 6.45) is -4.86. The fourth-order valence-corrected chi connectivity index (χ4v) is 3.55. The summed E-state index contributed by atoms with van der Waals surface area (Å²) in [6.45, 7) is 4.45. The highest BCUT2D eigenvalue weighted by Crippen LogP contribution is 2.23. The zero-order valence-corrected chi connectivity index (χ0v) is 16.2. The van der Waals surface area contributed by atoms with Crippen LogP contribution in [0.5, 0.6) is 5.75 Å². The highest BCUT2D eigenvalue weighted by Gasteiger charge is 2.31. The van der Waals surface area contributed by atoms with E-state index in [-0.39, 0.29) is 35.3 Å². The molecule has 0 aromatic heterocycles. The lowest BCUT2D eigenvalue weighted by molar-refractivity contribution is -0.274. The molecule has 154 valence electrons. The van der Waals surface area contributed by atoms with Crippen LogP contribution in [-0.4, -0.2) is 57.3 Å². The molecule has 0 aliphatic carbocycles. The zero-order chi connectivity index (χ0) is 19.5. The van der Waals surface area contributed by atoms with Gasteiger partial charge in [-0.2, -0.15) is 0 Å². The number of carbonyl (C=O) groups excluding carboxylic acids is 1. The molecule has 1 aromatic carbocycles. The summed E-state index contributed by atoms with van der Waals surface area (Å²) in [7, 11) is -4.04. The van der Waals surface area contributed by atoms with E-state index in [1.807, 2.05) is 13.8 Å². The van der Waals surface area contributed by atoms with Crippen molar-refractivity contribution in [1.82, 2.24) is 14.9 Å². The van der Waals surface area contributed by atoms with E-state index >= 15 is 0 Å². The lowest BCUT2D eigenvalue weighted by Gasteiger charge is -2.38. The van der Waals surface area contributed by atoms with Crippen molar-refractivity contribution in [3.8, 4) is 5.75 Å². The predicted molar refractivity (Wildman–Crippen MR) is 94.2 cm³/mol. The number of nitrogens with one attached hydrogen (secondary N) is 2. The molecule has 2 rings (SSSR count). The number of nitrogens with zero attached hydrogens (tertiary/aromatic N) is 1. The number of rotatable bonds is 5. The molecule has 2 unspecified atom stereocenters. The van der Waals surface area contributed by atoms with Gasteiger partial charge in [-0.15, -0.1) is 25.6 Å². The number of amides is 1. The molecular formula is C15H21ClF3N3O4S. The van der Waals surface area contributed by atoms with E-state index in [1.54, 1.807) is 4.90 Å². The second kappa shape index (κ2) is 9.09. The minimum atomic E-state index is -4.86. The van der Waals surface area contributed by atoms with Crippen molar-refractivity contribution in [2.24, 2.45) is 0 Å². The molecule has 2 N–H and O–H groups in total. The molecule has 1 aliphatic heterocycles. The van der Waals surface area contributed by atoms with Crippen molar-refractivity contribution in [2.75, 3.05) is 19.6 Å². The Labute approximate surface area is 161 Å². The Balaban J connectivity index is 0.00000364. The Kier molecular flexibility index (Phi) is 7.90. The van der Waals surface area contributed by atoms with E-state index in [0.29, 0.717) is 13.1 Å². The SMILES string of the molecule is CC1NCCN(C(=O)CNS(=O)(=O)c2ccc(OC(F)(F)F)cc2)C1C.Cl. The molecule has 0 saturated carbocycles. The fourth-order valence-electron chi connectivity index (χ4n) is 2.57. The van der Waals surface area contributed by atoms with E-state index in [4.69, 9.17) is 0 Å². The molecule has 7 nitrogen and oxygen atoms in total. The molecular weight excluding hydrogens is 411 g/mol. The van der Waals surface area contributed by atoms with Gasteiger partial charge in [0.25, 0.3) is 0 Å². The summed E-state index contributed by atoms with van der Waals surface area (Å²) in [6, 6.07) is 3.74. The molecule has 1 aromatic rings. The van der Waals surface area contributed by atoms with Gasteiger partial charge in [0.2, 0.25) is 15.9 Å². The maximum Gasteiger partial charge on any atom is 0.573 e. The standard InChI is InChI=1S/C15H20F3N3O4S.ClH/c1-10-11(2)21(8-7-19-10)14(22)9-20-26(23,24)13-5-3-12(4-6-13)25-15(16,17)18;/h3-6,10-11,19-20H,7-9H2,1-2H3;1H. The van der Waals surface area contributed by atoms with E-state index in [9.17, 15) is 26.4 Å². The van der Waals surface area contributed by atoms with Gasteiger partial charge >= 0.3 is 6.36 Å². The molecule has 1 amide bonds. The average molecular weight is 432 g/mol. The van der Waals surface area contributed by atoms with Crippen LogP contribution in [0.25, 0.3) is 0 Å². The highest BCUT2D eigenvalue weighted by molar-refractivity contribution is 7.89. The fraction of sp³-hybridized carbons (Fsp3) is 0.533. The maximum atomic E-state index is 12.3. The van der Waals surface area contributed by atoms with Gasteiger partial charge in [-0.25, -0.2) is 13.1 Å². The first-order chi connectivity index (χ1) is 12.0. The third-order valence-electron chi connectivity index (χ3n) is 4.14. The number of halogens is 4. The monoisotopic (exact) mass is 431 g/mol. The van der Waals surface area contributed by atoms with Crippen LogP contribution in [0.3, 0.4) is 0 Å². The van der Waals surface area contributed by atoms with Crippen molar-refractivity contribution in [2.45, 2.75) is 37.2 Å². The van der Waals surface area contributed by atoms with Gasteiger partial charge in [-0.3, -0.25) is 4.79 Å².